The van der Waals surface area contributed by atoms with Crippen LogP contribution in [-0.4, -0.2) is 12.1 Å². The first-order chi connectivity index (χ1) is 8.22. The maximum atomic E-state index is 11.4. The number of ether oxygens (including phenoxy) is 1. The standard InChI is InChI=1S/C13H14N2O2/c1-17-11-4-2-10(3-5-11)12-6-9(8-14)7-13(16)15-12/h2-7H,8,14H2,1H3,(H,15,16). The summed E-state index contributed by atoms with van der Waals surface area (Å²) in [5, 5.41) is 0. The van der Waals surface area contributed by atoms with Gasteiger partial charge in [-0.1, -0.05) is 0 Å². The van der Waals surface area contributed by atoms with Crippen LogP contribution in [0.5, 0.6) is 5.75 Å². The Kier molecular flexibility index (Phi) is 3.25. The summed E-state index contributed by atoms with van der Waals surface area (Å²) in [7, 11) is 1.62. The van der Waals surface area contributed by atoms with Crippen molar-refractivity contribution in [3.05, 3.63) is 52.3 Å². The molecule has 0 saturated heterocycles. The van der Waals surface area contributed by atoms with Crippen molar-refractivity contribution in [1.82, 2.24) is 4.98 Å². The van der Waals surface area contributed by atoms with Gasteiger partial charge in [-0.05, 0) is 41.5 Å². The van der Waals surface area contributed by atoms with Gasteiger partial charge < -0.3 is 15.5 Å². The molecule has 1 aromatic heterocycles. The molecule has 4 heteroatoms. The minimum Gasteiger partial charge on any atom is -0.497 e. The highest BCUT2D eigenvalue weighted by Gasteiger charge is 2.01. The molecule has 88 valence electrons. The monoisotopic (exact) mass is 230 g/mol. The van der Waals surface area contributed by atoms with Gasteiger partial charge in [0.2, 0.25) is 5.56 Å². The molecule has 0 unspecified atom stereocenters. The highest BCUT2D eigenvalue weighted by Crippen LogP contribution is 2.20. The molecule has 17 heavy (non-hydrogen) atoms. The molecule has 3 N–H and O–H groups in total. The third-order valence-electron chi connectivity index (χ3n) is 2.54. The number of benzene rings is 1. The lowest BCUT2D eigenvalue weighted by atomic mass is 10.1. The topological polar surface area (TPSA) is 68.1 Å². The molecule has 4 nitrogen and oxygen atoms in total. The first-order valence-electron chi connectivity index (χ1n) is 5.30. The number of rotatable bonds is 3. The lowest BCUT2D eigenvalue weighted by molar-refractivity contribution is 0.415. The molecule has 0 aliphatic heterocycles. The number of nitrogens with one attached hydrogen (secondary N) is 1. The van der Waals surface area contributed by atoms with E-state index in [0.29, 0.717) is 6.54 Å². The Morgan fingerprint density at radius 1 is 1.24 bits per heavy atom. The second-order valence-electron chi connectivity index (χ2n) is 3.70. The van der Waals surface area contributed by atoms with E-state index >= 15 is 0 Å². The van der Waals surface area contributed by atoms with E-state index in [1.165, 1.54) is 6.07 Å². The van der Waals surface area contributed by atoms with Crippen molar-refractivity contribution in [1.29, 1.82) is 0 Å². The van der Waals surface area contributed by atoms with Crippen molar-refractivity contribution in [3.63, 3.8) is 0 Å². The van der Waals surface area contributed by atoms with Gasteiger partial charge in [0.25, 0.3) is 0 Å². The summed E-state index contributed by atoms with van der Waals surface area (Å²) in [4.78, 5) is 14.2. The molecule has 0 amide bonds. The predicted molar refractivity (Wildman–Crippen MR) is 66.9 cm³/mol. The van der Waals surface area contributed by atoms with E-state index in [2.05, 4.69) is 4.98 Å². The van der Waals surface area contributed by atoms with Crippen molar-refractivity contribution in [2.24, 2.45) is 5.73 Å². The zero-order chi connectivity index (χ0) is 12.3. The minimum atomic E-state index is -0.140. The second kappa shape index (κ2) is 4.84. The smallest absolute Gasteiger partial charge is 0.248 e. The summed E-state index contributed by atoms with van der Waals surface area (Å²) in [6.07, 6.45) is 0. The van der Waals surface area contributed by atoms with Gasteiger partial charge in [0.1, 0.15) is 5.75 Å². The molecule has 0 atom stereocenters. The molecule has 0 bridgehead atoms. The molecular weight excluding hydrogens is 216 g/mol. The van der Waals surface area contributed by atoms with Gasteiger partial charge in [0.15, 0.2) is 0 Å². The fraction of sp³-hybridized carbons (Fsp3) is 0.154. The molecule has 0 aliphatic carbocycles. The fourth-order valence-corrected chi connectivity index (χ4v) is 1.64. The van der Waals surface area contributed by atoms with Gasteiger partial charge in [0.05, 0.1) is 7.11 Å². The largest absolute Gasteiger partial charge is 0.497 e. The van der Waals surface area contributed by atoms with E-state index in [1.807, 2.05) is 30.3 Å². The number of methoxy groups -OCH3 is 1. The van der Waals surface area contributed by atoms with Crippen LogP contribution < -0.4 is 16.0 Å². The quantitative estimate of drug-likeness (QED) is 0.839. The van der Waals surface area contributed by atoms with E-state index in [4.69, 9.17) is 10.5 Å². The minimum absolute atomic E-state index is 0.140. The normalized spacial score (nSPS) is 10.2. The van der Waals surface area contributed by atoms with E-state index in [0.717, 1.165) is 22.6 Å². The molecule has 0 radical (unpaired) electrons. The van der Waals surface area contributed by atoms with Gasteiger partial charge in [-0.2, -0.15) is 0 Å². The summed E-state index contributed by atoms with van der Waals surface area (Å²) >= 11 is 0. The van der Waals surface area contributed by atoms with Crippen LogP contribution in [-0.2, 0) is 6.54 Å². The van der Waals surface area contributed by atoms with E-state index < -0.39 is 0 Å². The summed E-state index contributed by atoms with van der Waals surface area (Å²) < 4.78 is 5.08. The van der Waals surface area contributed by atoms with Crippen LogP contribution in [0.4, 0.5) is 0 Å². The van der Waals surface area contributed by atoms with Crippen molar-refractivity contribution in [2.75, 3.05) is 7.11 Å². The van der Waals surface area contributed by atoms with Crippen molar-refractivity contribution in [3.8, 4) is 17.0 Å². The SMILES string of the molecule is COc1ccc(-c2cc(CN)cc(=O)[nH]2)cc1. The molecule has 0 spiro atoms. The predicted octanol–water partition coefficient (Wildman–Crippen LogP) is 1.51. The second-order valence-corrected chi connectivity index (χ2v) is 3.70. The summed E-state index contributed by atoms with van der Waals surface area (Å²) in [5.74, 6) is 0.783. The van der Waals surface area contributed by atoms with E-state index in [-0.39, 0.29) is 5.56 Å². The van der Waals surface area contributed by atoms with Crippen LogP contribution in [0.25, 0.3) is 11.3 Å². The first-order valence-corrected chi connectivity index (χ1v) is 5.30. The number of aromatic nitrogens is 1. The Morgan fingerprint density at radius 3 is 2.53 bits per heavy atom. The Labute approximate surface area is 99.1 Å². The molecular formula is C13H14N2O2. The van der Waals surface area contributed by atoms with Gasteiger partial charge in [-0.25, -0.2) is 0 Å². The van der Waals surface area contributed by atoms with Crippen molar-refractivity contribution in [2.45, 2.75) is 6.54 Å². The number of nitrogens with two attached hydrogens (primary N) is 1. The van der Waals surface area contributed by atoms with Gasteiger partial charge in [-0.15, -0.1) is 0 Å². The zero-order valence-corrected chi connectivity index (χ0v) is 9.57. The Bertz CT molecular complexity index is 558. The van der Waals surface area contributed by atoms with Gasteiger partial charge in [0, 0.05) is 18.3 Å². The van der Waals surface area contributed by atoms with Gasteiger partial charge >= 0.3 is 0 Å². The highest BCUT2D eigenvalue weighted by atomic mass is 16.5. The molecule has 1 aromatic carbocycles. The van der Waals surface area contributed by atoms with E-state index in [1.54, 1.807) is 7.11 Å². The fourth-order valence-electron chi connectivity index (χ4n) is 1.64. The highest BCUT2D eigenvalue weighted by molar-refractivity contribution is 5.60. The molecule has 0 fully saturated rings. The third kappa shape index (κ3) is 2.54. The Morgan fingerprint density at radius 2 is 1.94 bits per heavy atom. The van der Waals surface area contributed by atoms with Crippen LogP contribution in [0.15, 0.2) is 41.2 Å². The van der Waals surface area contributed by atoms with E-state index in [9.17, 15) is 4.79 Å². The number of hydrogen-bond acceptors (Lipinski definition) is 3. The lowest BCUT2D eigenvalue weighted by Crippen LogP contribution is -2.09. The molecule has 2 aromatic rings. The van der Waals surface area contributed by atoms with Crippen molar-refractivity contribution >= 4 is 0 Å². The average Bonchev–Trinajstić information content (AvgIpc) is 2.38. The Hall–Kier alpha value is -2.07. The van der Waals surface area contributed by atoms with Crippen LogP contribution in [0.3, 0.4) is 0 Å². The number of aromatic amines is 1. The first kappa shape index (κ1) is 11.4. The van der Waals surface area contributed by atoms with Crippen LogP contribution in [0, 0.1) is 0 Å². The van der Waals surface area contributed by atoms with Gasteiger partial charge in [-0.3, -0.25) is 4.79 Å². The van der Waals surface area contributed by atoms with Crippen LogP contribution in [0.2, 0.25) is 0 Å². The molecule has 2 rings (SSSR count). The Balaban J connectivity index is 2.44. The van der Waals surface area contributed by atoms with Crippen LogP contribution in [0.1, 0.15) is 5.56 Å². The number of H-pyrrole nitrogens is 1. The molecule has 1 heterocycles. The molecule has 0 saturated carbocycles. The zero-order valence-electron chi connectivity index (χ0n) is 9.57. The van der Waals surface area contributed by atoms with Crippen molar-refractivity contribution < 1.29 is 4.74 Å². The summed E-state index contributed by atoms with van der Waals surface area (Å²) in [5.41, 5.74) is 7.91. The third-order valence-corrected chi connectivity index (χ3v) is 2.54. The summed E-state index contributed by atoms with van der Waals surface area (Å²) in [6, 6.07) is 10.9. The summed E-state index contributed by atoms with van der Waals surface area (Å²) in [6.45, 7) is 0.354. The number of pyridine rings is 1. The maximum absolute atomic E-state index is 11.4. The molecule has 0 aliphatic rings. The maximum Gasteiger partial charge on any atom is 0.248 e. The number of hydrogen-bond donors (Lipinski definition) is 2. The van der Waals surface area contributed by atoms with Crippen LogP contribution >= 0.6 is 0 Å². The lowest BCUT2D eigenvalue weighted by Gasteiger charge is -2.05. The average molecular weight is 230 g/mol.